The number of nitrogens with one attached hydrogen (secondary N) is 1. The average molecular weight is 187 g/mol. The van der Waals surface area contributed by atoms with Crippen LogP contribution in [-0.4, -0.2) is 26.3 Å². The van der Waals surface area contributed by atoms with E-state index in [0.29, 0.717) is 0 Å². The summed E-state index contributed by atoms with van der Waals surface area (Å²) in [7, 11) is 0. The van der Waals surface area contributed by atoms with Gasteiger partial charge in [0.15, 0.2) is 0 Å². The number of ether oxygens (including phenoxy) is 1. The van der Waals surface area contributed by atoms with Crippen LogP contribution in [0.4, 0.5) is 0 Å². The summed E-state index contributed by atoms with van der Waals surface area (Å²) in [6.45, 7) is 8.56. The van der Waals surface area contributed by atoms with Crippen LogP contribution in [-0.2, 0) is 4.74 Å². The van der Waals surface area contributed by atoms with Gasteiger partial charge in [-0.25, -0.2) is 0 Å². The van der Waals surface area contributed by atoms with Crippen LogP contribution in [0.25, 0.3) is 0 Å². The van der Waals surface area contributed by atoms with Crippen LogP contribution in [0.2, 0.25) is 0 Å². The Morgan fingerprint density at radius 1 is 0.846 bits per heavy atom. The van der Waals surface area contributed by atoms with E-state index in [4.69, 9.17) is 4.74 Å². The number of hydrogen-bond acceptors (Lipinski definition) is 2. The van der Waals surface area contributed by atoms with Crippen molar-refractivity contribution < 1.29 is 4.74 Å². The molecule has 0 atom stereocenters. The first kappa shape index (κ1) is 12.9. The summed E-state index contributed by atoms with van der Waals surface area (Å²) in [5.74, 6) is 0. The quantitative estimate of drug-likeness (QED) is 0.531. The Morgan fingerprint density at radius 2 is 1.62 bits per heavy atom. The maximum atomic E-state index is 5.45. The van der Waals surface area contributed by atoms with Crippen molar-refractivity contribution in [1.29, 1.82) is 0 Å². The van der Waals surface area contributed by atoms with Crippen molar-refractivity contribution in [2.45, 2.75) is 46.0 Å². The van der Waals surface area contributed by atoms with Crippen LogP contribution in [0.15, 0.2) is 0 Å². The van der Waals surface area contributed by atoms with Crippen molar-refractivity contribution >= 4 is 0 Å². The lowest BCUT2D eigenvalue weighted by molar-refractivity contribution is 0.127. The maximum absolute atomic E-state index is 5.45. The largest absolute Gasteiger partial charge is 0.381 e. The topological polar surface area (TPSA) is 21.3 Å². The molecule has 0 saturated carbocycles. The van der Waals surface area contributed by atoms with Gasteiger partial charge in [-0.05, 0) is 38.8 Å². The highest BCUT2D eigenvalue weighted by Gasteiger charge is 1.89. The summed E-state index contributed by atoms with van der Waals surface area (Å²) in [6, 6.07) is 0. The Balaban J connectivity index is 2.76. The highest BCUT2D eigenvalue weighted by atomic mass is 16.5. The molecule has 0 unspecified atom stereocenters. The van der Waals surface area contributed by atoms with Gasteiger partial charge in [0.05, 0.1) is 0 Å². The van der Waals surface area contributed by atoms with Crippen LogP contribution < -0.4 is 5.32 Å². The van der Waals surface area contributed by atoms with Gasteiger partial charge in [-0.2, -0.15) is 0 Å². The Labute approximate surface area is 83.1 Å². The number of hydrogen-bond donors (Lipinski definition) is 1. The molecule has 13 heavy (non-hydrogen) atoms. The number of unbranched alkanes of at least 4 members (excludes halogenated alkanes) is 2. The standard InChI is InChI=1S/C11H25NO/c1-3-5-10-13-11-7-6-9-12-8-4-2/h12H,3-11H2,1-2H3. The van der Waals surface area contributed by atoms with Gasteiger partial charge < -0.3 is 10.1 Å². The summed E-state index contributed by atoms with van der Waals surface area (Å²) in [5, 5.41) is 3.38. The minimum absolute atomic E-state index is 0.938. The fourth-order valence-electron chi connectivity index (χ4n) is 1.10. The van der Waals surface area contributed by atoms with E-state index in [-0.39, 0.29) is 0 Å². The summed E-state index contributed by atoms with van der Waals surface area (Å²) in [4.78, 5) is 0. The fraction of sp³-hybridized carbons (Fsp3) is 1.00. The molecule has 0 bridgehead atoms. The van der Waals surface area contributed by atoms with Gasteiger partial charge in [0.1, 0.15) is 0 Å². The minimum atomic E-state index is 0.938. The molecule has 1 N–H and O–H groups in total. The minimum Gasteiger partial charge on any atom is -0.381 e. The normalized spacial score (nSPS) is 10.6. The smallest absolute Gasteiger partial charge is 0.0466 e. The molecule has 0 aromatic heterocycles. The van der Waals surface area contributed by atoms with Crippen LogP contribution in [0.1, 0.15) is 46.0 Å². The van der Waals surface area contributed by atoms with Crippen LogP contribution in [0.5, 0.6) is 0 Å². The Morgan fingerprint density at radius 3 is 2.31 bits per heavy atom. The third-order valence-corrected chi connectivity index (χ3v) is 1.96. The molecule has 0 aliphatic heterocycles. The zero-order valence-corrected chi connectivity index (χ0v) is 9.27. The van der Waals surface area contributed by atoms with Crippen LogP contribution >= 0.6 is 0 Å². The van der Waals surface area contributed by atoms with Crippen molar-refractivity contribution in [3.8, 4) is 0 Å². The maximum Gasteiger partial charge on any atom is 0.0466 e. The third kappa shape index (κ3) is 11.9. The Kier molecular flexibility index (Phi) is 11.8. The molecule has 0 aliphatic rings. The van der Waals surface area contributed by atoms with Crippen LogP contribution in [0, 0.1) is 0 Å². The molecule has 2 nitrogen and oxygen atoms in total. The molecule has 80 valence electrons. The first-order valence-corrected chi connectivity index (χ1v) is 5.70. The molecule has 0 rings (SSSR count). The lowest BCUT2D eigenvalue weighted by Gasteiger charge is -2.04. The molecule has 0 saturated heterocycles. The Hall–Kier alpha value is -0.0800. The summed E-state index contributed by atoms with van der Waals surface area (Å²) >= 11 is 0. The molecule has 0 radical (unpaired) electrons. The summed E-state index contributed by atoms with van der Waals surface area (Å²) < 4.78 is 5.45. The predicted octanol–water partition coefficient (Wildman–Crippen LogP) is 2.58. The molecule has 0 heterocycles. The van der Waals surface area contributed by atoms with E-state index < -0.39 is 0 Å². The van der Waals surface area contributed by atoms with Gasteiger partial charge >= 0.3 is 0 Å². The molecule has 2 heteroatoms. The van der Waals surface area contributed by atoms with Crippen molar-refractivity contribution in [3.05, 3.63) is 0 Å². The lowest BCUT2D eigenvalue weighted by Crippen LogP contribution is -2.16. The van der Waals surface area contributed by atoms with E-state index in [1.54, 1.807) is 0 Å². The average Bonchev–Trinajstić information content (AvgIpc) is 2.16. The van der Waals surface area contributed by atoms with Crippen molar-refractivity contribution in [2.24, 2.45) is 0 Å². The lowest BCUT2D eigenvalue weighted by atomic mass is 10.3. The zero-order valence-electron chi connectivity index (χ0n) is 9.27. The summed E-state index contributed by atoms with van der Waals surface area (Å²) in [5.41, 5.74) is 0. The molecule has 0 amide bonds. The second kappa shape index (κ2) is 11.9. The van der Waals surface area contributed by atoms with Crippen LogP contribution in [0.3, 0.4) is 0 Å². The molecular formula is C11H25NO. The van der Waals surface area contributed by atoms with Crippen molar-refractivity contribution in [1.82, 2.24) is 5.32 Å². The highest BCUT2D eigenvalue weighted by molar-refractivity contribution is 4.46. The van der Waals surface area contributed by atoms with E-state index >= 15 is 0 Å². The molecule has 0 aromatic rings. The molecule has 0 aromatic carbocycles. The van der Waals surface area contributed by atoms with E-state index in [1.165, 1.54) is 32.1 Å². The van der Waals surface area contributed by atoms with E-state index in [0.717, 1.165) is 26.3 Å². The van der Waals surface area contributed by atoms with E-state index in [9.17, 15) is 0 Å². The first-order chi connectivity index (χ1) is 6.41. The zero-order chi connectivity index (χ0) is 9.78. The second-order valence-corrected chi connectivity index (χ2v) is 3.42. The second-order valence-electron chi connectivity index (χ2n) is 3.42. The van der Waals surface area contributed by atoms with Gasteiger partial charge in [0, 0.05) is 13.2 Å². The van der Waals surface area contributed by atoms with Gasteiger partial charge in [-0.15, -0.1) is 0 Å². The van der Waals surface area contributed by atoms with Gasteiger partial charge in [0.25, 0.3) is 0 Å². The van der Waals surface area contributed by atoms with E-state index in [2.05, 4.69) is 19.2 Å². The monoisotopic (exact) mass is 187 g/mol. The fourth-order valence-corrected chi connectivity index (χ4v) is 1.10. The SMILES string of the molecule is CCCCOCCCCNCCC. The summed E-state index contributed by atoms with van der Waals surface area (Å²) in [6.07, 6.45) is 6.10. The molecule has 0 spiro atoms. The van der Waals surface area contributed by atoms with Gasteiger partial charge in [-0.3, -0.25) is 0 Å². The van der Waals surface area contributed by atoms with Crippen molar-refractivity contribution in [3.63, 3.8) is 0 Å². The third-order valence-electron chi connectivity index (χ3n) is 1.96. The van der Waals surface area contributed by atoms with Gasteiger partial charge in [0.2, 0.25) is 0 Å². The Bertz CT molecular complexity index is 76.2. The highest BCUT2D eigenvalue weighted by Crippen LogP contribution is 1.92. The number of rotatable bonds is 10. The first-order valence-electron chi connectivity index (χ1n) is 5.70. The van der Waals surface area contributed by atoms with E-state index in [1.807, 2.05) is 0 Å². The molecular weight excluding hydrogens is 162 g/mol. The van der Waals surface area contributed by atoms with Gasteiger partial charge in [-0.1, -0.05) is 20.3 Å². The molecule has 0 aliphatic carbocycles. The van der Waals surface area contributed by atoms with Crippen molar-refractivity contribution in [2.75, 3.05) is 26.3 Å². The predicted molar refractivity (Wildman–Crippen MR) is 58.1 cm³/mol. The molecule has 0 fully saturated rings.